The van der Waals surface area contributed by atoms with Gasteiger partial charge in [-0.2, -0.15) is 0 Å². The summed E-state index contributed by atoms with van der Waals surface area (Å²) in [5.74, 6) is 0.974. The number of halogens is 1. The van der Waals surface area contributed by atoms with Crippen LogP contribution in [0.1, 0.15) is 23.8 Å². The number of carbonyl (C=O) groups excluding carboxylic acids is 1. The van der Waals surface area contributed by atoms with Crippen LogP contribution in [0.2, 0.25) is 5.02 Å². The molecule has 0 unspecified atom stereocenters. The van der Waals surface area contributed by atoms with Crippen LogP contribution in [0.25, 0.3) is 21.7 Å². The van der Waals surface area contributed by atoms with Gasteiger partial charge in [0, 0.05) is 15.6 Å². The topological polar surface area (TPSA) is 81.3 Å². The number of aromatic nitrogens is 4. The van der Waals surface area contributed by atoms with Crippen LogP contribution >= 0.6 is 34.7 Å². The first-order valence-corrected chi connectivity index (χ1v) is 13.9. The Morgan fingerprint density at radius 2 is 1.94 bits per heavy atom. The number of anilines is 1. The second kappa shape index (κ2) is 9.38. The Labute approximate surface area is 220 Å². The molecule has 3 aromatic heterocycles. The number of thiophene rings is 1. The number of aryl methyl sites for hydroxylation is 1. The summed E-state index contributed by atoms with van der Waals surface area (Å²) >= 11 is 9.07. The molecule has 1 aliphatic carbocycles. The molecule has 36 heavy (non-hydrogen) atoms. The number of rotatable bonds is 5. The fourth-order valence-electron chi connectivity index (χ4n) is 4.67. The minimum atomic E-state index is -0.135. The average Bonchev–Trinajstić information content (AvgIpc) is 3.46. The Bertz CT molecular complexity index is 1660. The van der Waals surface area contributed by atoms with Gasteiger partial charge in [0.25, 0.3) is 5.56 Å². The molecule has 5 aromatic rings. The van der Waals surface area contributed by atoms with Crippen LogP contribution in [-0.4, -0.2) is 30.8 Å². The summed E-state index contributed by atoms with van der Waals surface area (Å²) in [6.07, 6.45) is 2.94. The first-order chi connectivity index (χ1) is 17.5. The zero-order valence-corrected chi connectivity index (χ0v) is 21.8. The quantitative estimate of drug-likeness (QED) is 0.296. The van der Waals surface area contributed by atoms with Gasteiger partial charge >= 0.3 is 0 Å². The molecule has 1 N–H and O–H groups in total. The molecule has 0 saturated heterocycles. The third-order valence-corrected chi connectivity index (χ3v) is 8.86. The van der Waals surface area contributed by atoms with Gasteiger partial charge in [0.1, 0.15) is 4.83 Å². The number of benzene rings is 2. The average molecular weight is 536 g/mol. The summed E-state index contributed by atoms with van der Waals surface area (Å²) < 4.78 is 3.53. The smallest absolute Gasteiger partial charge is 0.268 e. The fourth-order valence-corrected chi connectivity index (χ4v) is 6.92. The molecule has 0 spiro atoms. The summed E-state index contributed by atoms with van der Waals surface area (Å²) in [6.45, 7) is 2.23. The Balaban J connectivity index is 1.48. The molecule has 3 heterocycles. The van der Waals surface area contributed by atoms with E-state index in [1.54, 1.807) is 28.0 Å². The number of thioether (sulfide) groups is 1. The van der Waals surface area contributed by atoms with Gasteiger partial charge in [-0.25, -0.2) is 8.97 Å². The third kappa shape index (κ3) is 4.11. The van der Waals surface area contributed by atoms with Crippen LogP contribution in [0.15, 0.2) is 64.5 Å². The number of nitrogens with one attached hydrogen (secondary N) is 1. The molecule has 7 nitrogen and oxygen atoms in total. The number of hydrogen-bond donors (Lipinski definition) is 1. The van der Waals surface area contributed by atoms with E-state index < -0.39 is 0 Å². The highest BCUT2D eigenvalue weighted by molar-refractivity contribution is 7.99. The molecular formula is C26H22ClN5O2S2. The van der Waals surface area contributed by atoms with Crippen LogP contribution in [0.3, 0.4) is 0 Å². The highest BCUT2D eigenvalue weighted by atomic mass is 35.5. The van der Waals surface area contributed by atoms with Gasteiger partial charge in [-0.15, -0.1) is 21.5 Å². The molecule has 6 rings (SSSR count). The van der Waals surface area contributed by atoms with E-state index >= 15 is 0 Å². The summed E-state index contributed by atoms with van der Waals surface area (Å²) in [5.41, 5.74) is 2.45. The van der Waals surface area contributed by atoms with E-state index in [4.69, 9.17) is 11.6 Å². The number of nitrogens with zero attached hydrogens (tertiary/aromatic N) is 4. The van der Waals surface area contributed by atoms with Crippen LogP contribution in [-0.2, 0) is 17.6 Å². The summed E-state index contributed by atoms with van der Waals surface area (Å²) in [6, 6.07) is 16.5. The largest absolute Gasteiger partial charge is 0.325 e. The SMILES string of the molecule is C[C@@H]1CCc2sc3c(c2C1)c(=O)n(-c1ccc(Cl)cc1)c1nnc(SCC(=O)Nc2ccccc2)n31. The number of amides is 1. The van der Waals surface area contributed by atoms with Crippen LogP contribution < -0.4 is 10.9 Å². The van der Waals surface area contributed by atoms with Crippen molar-refractivity contribution in [2.24, 2.45) is 5.92 Å². The van der Waals surface area contributed by atoms with Crippen molar-refractivity contribution in [3.05, 3.63) is 80.4 Å². The van der Waals surface area contributed by atoms with E-state index in [0.29, 0.717) is 27.6 Å². The zero-order valence-electron chi connectivity index (χ0n) is 19.4. The molecule has 1 atom stereocenters. The van der Waals surface area contributed by atoms with Crippen LogP contribution in [0.4, 0.5) is 5.69 Å². The highest BCUT2D eigenvalue weighted by Gasteiger charge is 2.27. The normalized spacial score (nSPS) is 15.3. The van der Waals surface area contributed by atoms with Gasteiger partial charge in [0.2, 0.25) is 11.7 Å². The Morgan fingerprint density at radius 3 is 2.72 bits per heavy atom. The zero-order chi connectivity index (χ0) is 24.8. The fraction of sp³-hybridized carbons (Fsp3) is 0.231. The highest BCUT2D eigenvalue weighted by Crippen LogP contribution is 2.38. The first kappa shape index (κ1) is 23.3. The van der Waals surface area contributed by atoms with Gasteiger partial charge in [-0.05, 0) is 67.1 Å². The maximum atomic E-state index is 13.9. The van der Waals surface area contributed by atoms with Crippen molar-refractivity contribution >= 4 is 62.3 Å². The number of para-hydroxylation sites is 1. The summed E-state index contributed by atoms with van der Waals surface area (Å²) in [7, 11) is 0. The molecule has 1 aliphatic rings. The van der Waals surface area contributed by atoms with Crippen molar-refractivity contribution < 1.29 is 4.79 Å². The van der Waals surface area contributed by atoms with E-state index in [0.717, 1.165) is 40.7 Å². The molecule has 0 bridgehead atoms. The lowest BCUT2D eigenvalue weighted by Gasteiger charge is -2.18. The number of carbonyl (C=O) groups is 1. The molecule has 2 aromatic carbocycles. The lowest BCUT2D eigenvalue weighted by molar-refractivity contribution is -0.113. The van der Waals surface area contributed by atoms with Crippen molar-refractivity contribution in [2.75, 3.05) is 11.1 Å². The summed E-state index contributed by atoms with van der Waals surface area (Å²) in [5, 5.41) is 13.6. The van der Waals surface area contributed by atoms with E-state index in [-0.39, 0.29) is 17.2 Å². The molecule has 1 amide bonds. The molecule has 0 fully saturated rings. The van der Waals surface area contributed by atoms with Crippen LogP contribution in [0, 0.1) is 5.92 Å². The lowest BCUT2D eigenvalue weighted by atomic mass is 9.89. The maximum absolute atomic E-state index is 13.9. The van der Waals surface area contributed by atoms with E-state index in [1.807, 2.05) is 46.9 Å². The standard InChI is InChI=1S/C26H22ClN5O2S2/c1-15-7-12-20-19(13-15)22-23(34)31(18-10-8-16(27)9-11-18)25-29-30-26(32(25)24(22)36-20)35-14-21(33)28-17-5-3-2-4-6-17/h2-6,8-11,15H,7,12-14H2,1H3,(H,28,33)/t15-/m1/s1. The predicted molar refractivity (Wildman–Crippen MR) is 146 cm³/mol. The van der Waals surface area contributed by atoms with Crippen molar-refractivity contribution in [1.29, 1.82) is 0 Å². The van der Waals surface area contributed by atoms with Gasteiger partial charge in [-0.1, -0.05) is 48.5 Å². The first-order valence-electron chi connectivity index (χ1n) is 11.7. The second-order valence-electron chi connectivity index (χ2n) is 8.97. The Hall–Kier alpha value is -3.14. The minimum absolute atomic E-state index is 0.0998. The summed E-state index contributed by atoms with van der Waals surface area (Å²) in [4.78, 5) is 28.6. The van der Waals surface area contributed by atoms with Gasteiger partial charge < -0.3 is 5.32 Å². The van der Waals surface area contributed by atoms with Crippen molar-refractivity contribution in [2.45, 2.75) is 31.3 Å². The van der Waals surface area contributed by atoms with E-state index in [1.165, 1.54) is 16.6 Å². The molecule has 0 radical (unpaired) electrons. The molecule has 0 aliphatic heterocycles. The second-order valence-corrected chi connectivity index (χ2v) is 11.4. The molecule has 182 valence electrons. The Kier molecular flexibility index (Phi) is 6.07. The molecular weight excluding hydrogens is 514 g/mol. The van der Waals surface area contributed by atoms with E-state index in [2.05, 4.69) is 22.4 Å². The maximum Gasteiger partial charge on any atom is 0.268 e. The van der Waals surface area contributed by atoms with Crippen LogP contribution in [0.5, 0.6) is 0 Å². The van der Waals surface area contributed by atoms with Crippen molar-refractivity contribution in [1.82, 2.24) is 19.2 Å². The van der Waals surface area contributed by atoms with Gasteiger partial charge in [0.05, 0.1) is 16.8 Å². The Morgan fingerprint density at radius 1 is 1.17 bits per heavy atom. The van der Waals surface area contributed by atoms with E-state index in [9.17, 15) is 9.59 Å². The molecule has 10 heteroatoms. The predicted octanol–water partition coefficient (Wildman–Crippen LogP) is 5.60. The third-order valence-electron chi connectivity index (χ3n) is 6.40. The van der Waals surface area contributed by atoms with Crippen molar-refractivity contribution in [3.8, 4) is 5.69 Å². The monoisotopic (exact) mass is 535 g/mol. The minimum Gasteiger partial charge on any atom is -0.325 e. The lowest BCUT2D eigenvalue weighted by Crippen LogP contribution is -2.23. The number of fused-ring (bicyclic) bond motifs is 5. The molecule has 0 saturated carbocycles. The van der Waals surface area contributed by atoms with Crippen molar-refractivity contribution in [3.63, 3.8) is 0 Å². The van der Waals surface area contributed by atoms with Gasteiger partial charge in [0.15, 0.2) is 5.16 Å². The number of hydrogen-bond acceptors (Lipinski definition) is 6. The van der Waals surface area contributed by atoms with Gasteiger partial charge in [-0.3, -0.25) is 9.59 Å².